The van der Waals surface area contributed by atoms with Crippen LogP contribution in [0.3, 0.4) is 0 Å². The number of benzene rings is 1. The van der Waals surface area contributed by atoms with Crippen molar-refractivity contribution in [3.8, 4) is 0 Å². The number of aliphatic imine (C=N–C) groups is 1. The van der Waals surface area contributed by atoms with Gasteiger partial charge in [-0.1, -0.05) is 30.4 Å². The molecule has 0 saturated carbocycles. The largest absolute Gasteiger partial charge is 0.370 e. The maximum atomic E-state index is 12.2. The maximum Gasteiger partial charge on any atom is 0.242 e. The summed E-state index contributed by atoms with van der Waals surface area (Å²) in [5.41, 5.74) is 7.26. The van der Waals surface area contributed by atoms with E-state index in [0.29, 0.717) is 12.1 Å². The number of sulfonamides is 1. The van der Waals surface area contributed by atoms with Gasteiger partial charge in [-0.3, -0.25) is 0 Å². The molecule has 116 valence electrons. The molecule has 1 rings (SSSR count). The Morgan fingerprint density at radius 2 is 2.00 bits per heavy atom. The lowest BCUT2D eigenvalue weighted by Gasteiger charge is -2.14. The molecule has 0 saturated heterocycles. The number of rotatable bonds is 6. The van der Waals surface area contributed by atoms with Crippen molar-refractivity contribution < 1.29 is 8.42 Å². The van der Waals surface area contributed by atoms with Gasteiger partial charge in [0.2, 0.25) is 10.0 Å². The fraction of sp³-hybridized carbons (Fsp3) is 0.357. The fourth-order valence-electron chi connectivity index (χ4n) is 1.55. The van der Waals surface area contributed by atoms with Gasteiger partial charge in [0.05, 0.1) is 11.4 Å². The van der Waals surface area contributed by atoms with Gasteiger partial charge in [-0.2, -0.15) is 0 Å². The molecule has 0 aliphatic rings. The molecule has 1 aromatic carbocycles. The van der Waals surface area contributed by atoms with Crippen LogP contribution in [0.5, 0.6) is 0 Å². The lowest BCUT2D eigenvalue weighted by atomic mass is 10.2. The van der Waals surface area contributed by atoms with Gasteiger partial charge in [0.15, 0.2) is 5.96 Å². The van der Waals surface area contributed by atoms with E-state index in [4.69, 9.17) is 5.73 Å². The van der Waals surface area contributed by atoms with Crippen molar-refractivity contribution in [2.45, 2.75) is 18.4 Å². The minimum Gasteiger partial charge on any atom is -0.370 e. The number of nitrogens with two attached hydrogens (primary N) is 1. The Bertz CT molecular complexity index is 636. The summed E-state index contributed by atoms with van der Waals surface area (Å²) in [7, 11) is -0.496. The van der Waals surface area contributed by atoms with Crippen LogP contribution in [-0.2, 0) is 16.6 Å². The standard InChI is InChI=1S/C14H22N4O2S/c1-11(2)9-16-14(15)17-10-12-7-5-6-8-13(12)21(19,20)18(3)4/h5-8H,1,9-10H2,2-4H3,(H3,15,16,17). The molecule has 0 radical (unpaired) electrons. The number of nitrogens with zero attached hydrogens (tertiary/aromatic N) is 2. The SMILES string of the molecule is C=C(C)CNC(N)=NCc1ccccc1S(=O)(=O)N(C)C. The van der Waals surface area contributed by atoms with Crippen LogP contribution >= 0.6 is 0 Å². The summed E-state index contributed by atoms with van der Waals surface area (Å²) in [6, 6.07) is 6.76. The molecule has 0 unspecified atom stereocenters. The zero-order valence-electron chi connectivity index (χ0n) is 12.6. The molecule has 0 aromatic heterocycles. The zero-order chi connectivity index (χ0) is 16.0. The minimum absolute atomic E-state index is 0.193. The van der Waals surface area contributed by atoms with Crippen LogP contribution in [0.2, 0.25) is 0 Å². The quantitative estimate of drug-likeness (QED) is 0.464. The second-order valence-electron chi connectivity index (χ2n) is 4.91. The molecule has 1 aromatic rings. The molecule has 6 nitrogen and oxygen atoms in total. The molecule has 21 heavy (non-hydrogen) atoms. The van der Waals surface area contributed by atoms with Gasteiger partial charge in [-0.05, 0) is 18.6 Å². The first-order chi connectivity index (χ1) is 9.75. The Balaban J connectivity index is 2.96. The minimum atomic E-state index is -3.49. The van der Waals surface area contributed by atoms with Crippen molar-refractivity contribution in [3.05, 3.63) is 42.0 Å². The van der Waals surface area contributed by atoms with Crippen molar-refractivity contribution in [2.24, 2.45) is 10.7 Å². The summed E-state index contributed by atoms with van der Waals surface area (Å²) < 4.78 is 25.6. The van der Waals surface area contributed by atoms with E-state index in [1.54, 1.807) is 24.3 Å². The molecule has 0 aliphatic heterocycles. The number of nitrogens with one attached hydrogen (secondary N) is 1. The summed E-state index contributed by atoms with van der Waals surface area (Å²) in [6.07, 6.45) is 0. The van der Waals surface area contributed by atoms with E-state index in [1.165, 1.54) is 18.4 Å². The van der Waals surface area contributed by atoms with Gasteiger partial charge in [0.25, 0.3) is 0 Å². The Kier molecular flexibility index (Phi) is 5.92. The Morgan fingerprint density at radius 1 is 1.38 bits per heavy atom. The summed E-state index contributed by atoms with van der Waals surface area (Å²) in [5, 5.41) is 2.90. The van der Waals surface area contributed by atoms with Crippen LogP contribution in [0.25, 0.3) is 0 Å². The molecular formula is C14H22N4O2S. The van der Waals surface area contributed by atoms with Gasteiger partial charge < -0.3 is 11.1 Å². The summed E-state index contributed by atoms with van der Waals surface area (Å²) in [4.78, 5) is 4.40. The van der Waals surface area contributed by atoms with E-state index in [0.717, 1.165) is 5.57 Å². The van der Waals surface area contributed by atoms with Crippen LogP contribution in [0.1, 0.15) is 12.5 Å². The molecule has 7 heteroatoms. The highest BCUT2D eigenvalue weighted by molar-refractivity contribution is 7.89. The van der Waals surface area contributed by atoms with E-state index in [9.17, 15) is 8.42 Å². The van der Waals surface area contributed by atoms with Gasteiger partial charge in [0, 0.05) is 20.6 Å². The van der Waals surface area contributed by atoms with Gasteiger partial charge >= 0.3 is 0 Å². The molecule has 0 fully saturated rings. The molecule has 0 heterocycles. The van der Waals surface area contributed by atoms with Crippen LogP contribution < -0.4 is 11.1 Å². The second kappa shape index (κ2) is 7.24. The molecule has 0 spiro atoms. The number of hydrogen-bond donors (Lipinski definition) is 2. The third kappa shape index (κ3) is 4.87. The summed E-state index contributed by atoms with van der Waals surface area (Å²) in [5.74, 6) is 0.259. The van der Waals surface area contributed by atoms with Crippen LogP contribution in [0.4, 0.5) is 0 Å². The molecule has 0 aliphatic carbocycles. The van der Waals surface area contributed by atoms with Gasteiger partial charge in [-0.15, -0.1) is 0 Å². The number of hydrogen-bond acceptors (Lipinski definition) is 3. The van der Waals surface area contributed by atoms with E-state index in [1.807, 2.05) is 6.92 Å². The second-order valence-corrected chi connectivity index (χ2v) is 7.03. The highest BCUT2D eigenvalue weighted by Crippen LogP contribution is 2.19. The van der Waals surface area contributed by atoms with Gasteiger partial charge in [0.1, 0.15) is 0 Å². The Labute approximate surface area is 126 Å². The van der Waals surface area contributed by atoms with E-state index >= 15 is 0 Å². The fourth-order valence-corrected chi connectivity index (χ4v) is 2.66. The predicted molar refractivity (Wildman–Crippen MR) is 85.5 cm³/mol. The molecule has 0 bridgehead atoms. The van der Waals surface area contributed by atoms with Crippen molar-refractivity contribution in [2.75, 3.05) is 20.6 Å². The predicted octanol–water partition coefficient (Wildman–Crippen LogP) is 0.917. The zero-order valence-corrected chi connectivity index (χ0v) is 13.4. The van der Waals surface area contributed by atoms with Crippen LogP contribution in [0, 0.1) is 0 Å². The Morgan fingerprint density at radius 3 is 2.57 bits per heavy atom. The normalized spacial score (nSPS) is 12.5. The van der Waals surface area contributed by atoms with Crippen molar-refractivity contribution in [3.63, 3.8) is 0 Å². The summed E-state index contributed by atoms with van der Waals surface area (Å²) >= 11 is 0. The monoisotopic (exact) mass is 310 g/mol. The first kappa shape index (κ1) is 17.2. The van der Waals surface area contributed by atoms with E-state index in [2.05, 4.69) is 16.9 Å². The third-order valence-electron chi connectivity index (χ3n) is 2.72. The smallest absolute Gasteiger partial charge is 0.242 e. The van der Waals surface area contributed by atoms with Crippen LogP contribution in [-0.4, -0.2) is 39.3 Å². The topological polar surface area (TPSA) is 87.8 Å². The third-order valence-corrected chi connectivity index (χ3v) is 4.64. The first-order valence-corrected chi connectivity index (χ1v) is 7.87. The van der Waals surface area contributed by atoms with Crippen molar-refractivity contribution in [1.82, 2.24) is 9.62 Å². The van der Waals surface area contributed by atoms with Crippen LogP contribution in [0.15, 0.2) is 46.3 Å². The Hall–Kier alpha value is -1.86. The van der Waals surface area contributed by atoms with E-state index < -0.39 is 10.0 Å². The molecule has 3 N–H and O–H groups in total. The highest BCUT2D eigenvalue weighted by atomic mass is 32.2. The highest BCUT2D eigenvalue weighted by Gasteiger charge is 2.20. The van der Waals surface area contributed by atoms with Crippen molar-refractivity contribution >= 4 is 16.0 Å². The van der Waals surface area contributed by atoms with Gasteiger partial charge in [-0.25, -0.2) is 17.7 Å². The maximum absolute atomic E-state index is 12.2. The molecule has 0 atom stereocenters. The number of guanidine groups is 1. The molecule has 0 amide bonds. The van der Waals surface area contributed by atoms with Crippen molar-refractivity contribution in [1.29, 1.82) is 0 Å². The van der Waals surface area contributed by atoms with E-state index in [-0.39, 0.29) is 17.4 Å². The first-order valence-electron chi connectivity index (χ1n) is 6.43. The average Bonchev–Trinajstić information content (AvgIpc) is 2.42. The average molecular weight is 310 g/mol. The lowest BCUT2D eigenvalue weighted by Crippen LogP contribution is -2.32. The molecular weight excluding hydrogens is 288 g/mol. The lowest BCUT2D eigenvalue weighted by molar-refractivity contribution is 0.519. The summed E-state index contributed by atoms with van der Waals surface area (Å²) in [6.45, 7) is 6.35.